The standard InChI is InChI=1S/C21H22N2O4/c1-26-19-10-2-15(3-11-19)14-23(18-8-9-18)20(24)16-4-6-17(7-5-16)22-12-13-27-21(22)25/h2-7,10-11,18H,8-9,12-14H2,1H3. The SMILES string of the molecule is COc1ccc(CN(C(=O)c2ccc(N3CCOC3=O)cc2)C2CC2)cc1. The molecular weight excluding hydrogens is 344 g/mol. The lowest BCUT2D eigenvalue weighted by molar-refractivity contribution is 0.0730. The summed E-state index contributed by atoms with van der Waals surface area (Å²) < 4.78 is 10.2. The molecule has 4 rings (SSSR count). The highest BCUT2D eigenvalue weighted by Crippen LogP contribution is 2.30. The molecule has 1 aliphatic carbocycles. The number of anilines is 1. The lowest BCUT2D eigenvalue weighted by Crippen LogP contribution is -2.32. The second kappa shape index (κ2) is 7.31. The average molecular weight is 366 g/mol. The highest BCUT2D eigenvalue weighted by atomic mass is 16.6. The predicted molar refractivity (Wildman–Crippen MR) is 101 cm³/mol. The van der Waals surface area contributed by atoms with Gasteiger partial charge in [-0.2, -0.15) is 0 Å². The quantitative estimate of drug-likeness (QED) is 0.786. The minimum atomic E-state index is -0.340. The van der Waals surface area contributed by atoms with E-state index >= 15 is 0 Å². The summed E-state index contributed by atoms with van der Waals surface area (Å²) in [4.78, 5) is 28.2. The molecule has 27 heavy (non-hydrogen) atoms. The van der Waals surface area contributed by atoms with Crippen LogP contribution < -0.4 is 9.64 Å². The molecule has 6 nitrogen and oxygen atoms in total. The van der Waals surface area contributed by atoms with Gasteiger partial charge < -0.3 is 14.4 Å². The second-order valence-corrected chi connectivity index (χ2v) is 6.83. The van der Waals surface area contributed by atoms with Crippen molar-refractivity contribution < 1.29 is 19.1 Å². The lowest BCUT2D eigenvalue weighted by atomic mass is 10.1. The molecule has 0 N–H and O–H groups in total. The summed E-state index contributed by atoms with van der Waals surface area (Å²) >= 11 is 0. The molecule has 2 aromatic carbocycles. The maximum absolute atomic E-state index is 13.0. The highest BCUT2D eigenvalue weighted by molar-refractivity contribution is 5.96. The Labute approximate surface area is 158 Å². The van der Waals surface area contributed by atoms with Crippen molar-refractivity contribution in [3.8, 4) is 5.75 Å². The Hall–Kier alpha value is -3.02. The van der Waals surface area contributed by atoms with E-state index in [2.05, 4.69) is 0 Å². The van der Waals surface area contributed by atoms with E-state index in [1.165, 1.54) is 0 Å². The Kier molecular flexibility index (Phi) is 4.71. The maximum Gasteiger partial charge on any atom is 0.414 e. The van der Waals surface area contributed by atoms with Crippen LogP contribution in [0.15, 0.2) is 48.5 Å². The zero-order valence-corrected chi connectivity index (χ0v) is 15.3. The van der Waals surface area contributed by atoms with Crippen LogP contribution in [0.25, 0.3) is 0 Å². The highest BCUT2D eigenvalue weighted by Gasteiger charge is 2.33. The number of benzene rings is 2. The fraction of sp³-hybridized carbons (Fsp3) is 0.333. The molecule has 0 aromatic heterocycles. The smallest absolute Gasteiger partial charge is 0.414 e. The van der Waals surface area contributed by atoms with Gasteiger partial charge >= 0.3 is 6.09 Å². The average Bonchev–Trinajstić information content (AvgIpc) is 3.46. The van der Waals surface area contributed by atoms with E-state index in [-0.39, 0.29) is 12.0 Å². The molecule has 0 bridgehead atoms. The van der Waals surface area contributed by atoms with E-state index < -0.39 is 0 Å². The molecule has 0 atom stereocenters. The number of ether oxygens (including phenoxy) is 2. The van der Waals surface area contributed by atoms with Gasteiger partial charge in [-0.3, -0.25) is 9.69 Å². The van der Waals surface area contributed by atoms with Crippen LogP contribution in [0.1, 0.15) is 28.8 Å². The molecule has 2 aromatic rings. The van der Waals surface area contributed by atoms with Crippen LogP contribution in [-0.4, -0.2) is 43.2 Å². The van der Waals surface area contributed by atoms with Gasteiger partial charge in [0.25, 0.3) is 5.91 Å². The van der Waals surface area contributed by atoms with Crippen molar-refractivity contribution in [2.24, 2.45) is 0 Å². The van der Waals surface area contributed by atoms with Gasteiger partial charge in [0.2, 0.25) is 0 Å². The van der Waals surface area contributed by atoms with Crippen molar-refractivity contribution in [2.45, 2.75) is 25.4 Å². The maximum atomic E-state index is 13.0. The van der Waals surface area contributed by atoms with Gasteiger partial charge in [-0.15, -0.1) is 0 Å². The summed E-state index contributed by atoms with van der Waals surface area (Å²) in [5, 5.41) is 0. The van der Waals surface area contributed by atoms with Gasteiger partial charge in [-0.05, 0) is 54.8 Å². The molecule has 2 aliphatic rings. The summed E-state index contributed by atoms with van der Waals surface area (Å²) in [7, 11) is 1.64. The number of amides is 2. The van der Waals surface area contributed by atoms with Gasteiger partial charge in [0, 0.05) is 23.8 Å². The number of carbonyl (C=O) groups excluding carboxylic acids is 2. The molecule has 1 saturated heterocycles. The fourth-order valence-corrected chi connectivity index (χ4v) is 3.26. The number of carbonyl (C=O) groups is 2. The van der Waals surface area contributed by atoms with Crippen molar-refractivity contribution in [2.75, 3.05) is 25.2 Å². The van der Waals surface area contributed by atoms with Gasteiger partial charge in [-0.1, -0.05) is 12.1 Å². The first-order valence-corrected chi connectivity index (χ1v) is 9.14. The third-order valence-corrected chi connectivity index (χ3v) is 4.95. The van der Waals surface area contributed by atoms with Crippen LogP contribution in [0.3, 0.4) is 0 Å². The molecule has 140 valence electrons. The minimum absolute atomic E-state index is 0.0175. The van der Waals surface area contributed by atoms with Crippen molar-refractivity contribution in [1.29, 1.82) is 0 Å². The summed E-state index contributed by atoms with van der Waals surface area (Å²) in [6.07, 6.45) is 1.74. The van der Waals surface area contributed by atoms with E-state index in [0.717, 1.165) is 29.8 Å². The molecule has 1 saturated carbocycles. The number of cyclic esters (lactones) is 1. The molecule has 1 aliphatic heterocycles. The summed E-state index contributed by atoms with van der Waals surface area (Å²) in [6.45, 7) is 1.52. The second-order valence-electron chi connectivity index (χ2n) is 6.83. The van der Waals surface area contributed by atoms with Crippen LogP contribution in [0, 0.1) is 0 Å². The van der Waals surface area contributed by atoms with E-state index in [1.807, 2.05) is 29.2 Å². The Morgan fingerprint density at radius 2 is 1.85 bits per heavy atom. The molecule has 0 radical (unpaired) electrons. The normalized spacial score (nSPS) is 16.2. The minimum Gasteiger partial charge on any atom is -0.497 e. The van der Waals surface area contributed by atoms with E-state index in [4.69, 9.17) is 9.47 Å². The lowest BCUT2D eigenvalue weighted by Gasteiger charge is -2.23. The van der Waals surface area contributed by atoms with Crippen LogP contribution >= 0.6 is 0 Å². The molecule has 6 heteroatoms. The van der Waals surface area contributed by atoms with Crippen LogP contribution in [0.5, 0.6) is 5.75 Å². The first-order chi connectivity index (χ1) is 13.2. The van der Waals surface area contributed by atoms with E-state index in [1.54, 1.807) is 36.3 Å². The van der Waals surface area contributed by atoms with Gasteiger partial charge in [0.15, 0.2) is 0 Å². The Morgan fingerprint density at radius 3 is 2.41 bits per heavy atom. The third kappa shape index (κ3) is 3.74. The number of rotatable bonds is 6. The molecule has 2 fully saturated rings. The van der Waals surface area contributed by atoms with Gasteiger partial charge in [0.05, 0.1) is 13.7 Å². The molecule has 0 unspecified atom stereocenters. The Bertz CT molecular complexity index is 828. The molecular formula is C21H22N2O4. The van der Waals surface area contributed by atoms with Crippen molar-refractivity contribution in [3.05, 3.63) is 59.7 Å². The van der Waals surface area contributed by atoms with E-state index in [0.29, 0.717) is 31.3 Å². The van der Waals surface area contributed by atoms with Gasteiger partial charge in [-0.25, -0.2) is 4.79 Å². The van der Waals surface area contributed by atoms with Crippen molar-refractivity contribution in [1.82, 2.24) is 4.90 Å². The third-order valence-electron chi connectivity index (χ3n) is 4.95. The van der Waals surface area contributed by atoms with E-state index in [9.17, 15) is 9.59 Å². The number of methoxy groups -OCH3 is 1. The zero-order valence-electron chi connectivity index (χ0n) is 15.3. The first kappa shape index (κ1) is 17.4. The first-order valence-electron chi connectivity index (χ1n) is 9.14. The topological polar surface area (TPSA) is 59.1 Å². The Morgan fingerprint density at radius 1 is 1.15 bits per heavy atom. The largest absolute Gasteiger partial charge is 0.497 e. The Balaban J connectivity index is 1.49. The molecule has 1 heterocycles. The fourth-order valence-electron chi connectivity index (χ4n) is 3.26. The summed E-state index contributed by atoms with van der Waals surface area (Å²) in [6, 6.07) is 15.3. The van der Waals surface area contributed by atoms with Crippen LogP contribution in [0.2, 0.25) is 0 Å². The summed E-state index contributed by atoms with van der Waals surface area (Å²) in [5.41, 5.74) is 2.46. The molecule has 2 amide bonds. The molecule has 0 spiro atoms. The summed E-state index contributed by atoms with van der Waals surface area (Å²) in [5.74, 6) is 0.822. The zero-order chi connectivity index (χ0) is 18.8. The predicted octanol–water partition coefficient (Wildman–Crippen LogP) is 3.46. The van der Waals surface area contributed by atoms with Crippen LogP contribution in [0.4, 0.5) is 10.5 Å². The van der Waals surface area contributed by atoms with Gasteiger partial charge in [0.1, 0.15) is 12.4 Å². The number of hydrogen-bond donors (Lipinski definition) is 0. The van der Waals surface area contributed by atoms with Crippen molar-refractivity contribution in [3.63, 3.8) is 0 Å². The number of nitrogens with zero attached hydrogens (tertiary/aromatic N) is 2. The van der Waals surface area contributed by atoms with Crippen LogP contribution in [-0.2, 0) is 11.3 Å². The number of hydrogen-bond acceptors (Lipinski definition) is 4. The van der Waals surface area contributed by atoms with Crippen molar-refractivity contribution >= 4 is 17.7 Å². The monoisotopic (exact) mass is 366 g/mol.